The summed E-state index contributed by atoms with van der Waals surface area (Å²) >= 11 is 0. The lowest BCUT2D eigenvalue weighted by atomic mass is 9.92. The van der Waals surface area contributed by atoms with E-state index in [2.05, 4.69) is 13.8 Å². The molecule has 0 heterocycles. The fourth-order valence-electron chi connectivity index (χ4n) is 1.97. The summed E-state index contributed by atoms with van der Waals surface area (Å²) in [5.41, 5.74) is -0.486. The Hall–Kier alpha value is -0.730. The average Bonchev–Trinajstić information content (AvgIpc) is 2.21. The van der Waals surface area contributed by atoms with E-state index in [9.17, 15) is 4.79 Å². The quantitative estimate of drug-likeness (QED) is 0.607. The summed E-state index contributed by atoms with van der Waals surface area (Å²) in [6.07, 6.45) is 5.10. The van der Waals surface area contributed by atoms with E-state index in [0.717, 1.165) is 19.3 Å². The Morgan fingerprint density at radius 2 is 1.72 bits per heavy atom. The van der Waals surface area contributed by atoms with E-state index < -0.39 is 11.8 Å². The van der Waals surface area contributed by atoms with Crippen LogP contribution >= 0.6 is 0 Å². The Morgan fingerprint density at radius 1 is 1.11 bits per heavy atom. The summed E-state index contributed by atoms with van der Waals surface area (Å²) in [5.74, 6) is 0.447. The van der Waals surface area contributed by atoms with Gasteiger partial charge in [-0.15, -0.1) is 0 Å². The van der Waals surface area contributed by atoms with E-state index in [4.69, 9.17) is 9.47 Å². The monoisotopic (exact) mass is 258 g/mol. The van der Waals surface area contributed by atoms with Crippen molar-refractivity contribution in [3.05, 3.63) is 0 Å². The third-order valence-corrected chi connectivity index (χ3v) is 2.92. The van der Waals surface area contributed by atoms with Crippen LogP contribution in [0.2, 0.25) is 0 Å². The van der Waals surface area contributed by atoms with Crippen molar-refractivity contribution in [2.75, 3.05) is 0 Å². The molecule has 0 rings (SSSR count). The lowest BCUT2D eigenvalue weighted by Gasteiger charge is -2.25. The minimum absolute atomic E-state index is 0.0636. The number of carbonyl (C=O) groups excluding carboxylic acids is 1. The molecule has 3 nitrogen and oxygen atoms in total. The van der Waals surface area contributed by atoms with E-state index >= 15 is 0 Å². The van der Waals surface area contributed by atoms with Crippen molar-refractivity contribution in [3.8, 4) is 0 Å². The van der Waals surface area contributed by atoms with Gasteiger partial charge in [0.25, 0.3) is 0 Å². The van der Waals surface area contributed by atoms with E-state index in [1.807, 2.05) is 27.7 Å². The molecule has 0 fully saturated rings. The highest BCUT2D eigenvalue weighted by atomic mass is 16.7. The van der Waals surface area contributed by atoms with Gasteiger partial charge in [0.05, 0.1) is 0 Å². The lowest BCUT2D eigenvalue weighted by Crippen LogP contribution is -2.30. The Bertz CT molecular complexity index is 230. The van der Waals surface area contributed by atoms with E-state index in [-0.39, 0.29) is 6.10 Å². The SMILES string of the molecule is CCCCC(CCC)C(C)OC(=O)OC(C)(C)C. The van der Waals surface area contributed by atoms with Gasteiger partial charge in [0, 0.05) is 0 Å². The Morgan fingerprint density at radius 3 is 2.17 bits per heavy atom. The number of ether oxygens (including phenoxy) is 2. The zero-order valence-electron chi connectivity index (χ0n) is 12.9. The molecule has 0 aliphatic heterocycles. The third-order valence-electron chi connectivity index (χ3n) is 2.92. The van der Waals surface area contributed by atoms with Crippen molar-refractivity contribution in [1.82, 2.24) is 0 Å². The molecule has 2 atom stereocenters. The molecule has 2 unspecified atom stereocenters. The molecule has 0 aromatic rings. The highest BCUT2D eigenvalue weighted by Gasteiger charge is 2.23. The summed E-state index contributed by atoms with van der Waals surface area (Å²) in [6, 6.07) is 0. The number of hydrogen-bond donors (Lipinski definition) is 0. The fourth-order valence-corrected chi connectivity index (χ4v) is 1.97. The summed E-state index contributed by atoms with van der Waals surface area (Å²) in [6.45, 7) is 11.9. The molecule has 0 aliphatic rings. The van der Waals surface area contributed by atoms with Gasteiger partial charge < -0.3 is 9.47 Å². The van der Waals surface area contributed by atoms with Gasteiger partial charge in [0.1, 0.15) is 11.7 Å². The maximum Gasteiger partial charge on any atom is 0.509 e. The van der Waals surface area contributed by atoms with Gasteiger partial charge in [-0.3, -0.25) is 0 Å². The second-order valence-corrected chi connectivity index (χ2v) is 5.98. The first kappa shape index (κ1) is 17.3. The standard InChI is InChI=1S/C15H30O3/c1-7-9-11-13(10-8-2)12(3)17-14(16)18-15(4,5)6/h12-13H,7-11H2,1-6H3. The summed E-state index contributed by atoms with van der Waals surface area (Å²) in [7, 11) is 0. The van der Waals surface area contributed by atoms with Crippen LogP contribution in [0.4, 0.5) is 4.79 Å². The van der Waals surface area contributed by atoms with Crippen LogP contribution in [-0.4, -0.2) is 17.9 Å². The third kappa shape index (κ3) is 8.37. The molecule has 3 heteroatoms. The van der Waals surface area contributed by atoms with E-state index in [0.29, 0.717) is 5.92 Å². The molecule has 0 N–H and O–H groups in total. The molecule has 0 amide bonds. The molecule has 0 spiro atoms. The largest absolute Gasteiger partial charge is 0.509 e. The number of carbonyl (C=O) groups is 1. The van der Waals surface area contributed by atoms with Crippen molar-refractivity contribution >= 4 is 6.16 Å². The Balaban J connectivity index is 4.22. The predicted octanol–water partition coefficient (Wildman–Crippen LogP) is 4.93. The molecule has 0 bridgehead atoms. The number of hydrogen-bond acceptors (Lipinski definition) is 3. The van der Waals surface area contributed by atoms with Gasteiger partial charge in [0.2, 0.25) is 0 Å². The topological polar surface area (TPSA) is 35.5 Å². The van der Waals surface area contributed by atoms with Crippen LogP contribution in [0.1, 0.15) is 73.6 Å². The molecule has 0 saturated heterocycles. The van der Waals surface area contributed by atoms with Crippen molar-refractivity contribution < 1.29 is 14.3 Å². The molecular formula is C15H30O3. The molecule has 0 aromatic heterocycles. The minimum atomic E-state index is -0.549. The number of rotatable bonds is 7. The second-order valence-electron chi connectivity index (χ2n) is 5.98. The molecule has 0 radical (unpaired) electrons. The smallest absolute Gasteiger partial charge is 0.431 e. The van der Waals surface area contributed by atoms with Gasteiger partial charge >= 0.3 is 6.16 Å². The van der Waals surface area contributed by atoms with Crippen LogP contribution in [-0.2, 0) is 9.47 Å². The van der Waals surface area contributed by atoms with E-state index in [1.54, 1.807) is 0 Å². The van der Waals surface area contributed by atoms with Crippen LogP contribution < -0.4 is 0 Å². The van der Waals surface area contributed by atoms with Gasteiger partial charge in [-0.2, -0.15) is 0 Å². The molecule has 0 aliphatic carbocycles. The number of unbranched alkanes of at least 4 members (excludes halogenated alkanes) is 1. The highest BCUT2D eigenvalue weighted by molar-refractivity contribution is 5.60. The minimum Gasteiger partial charge on any atom is -0.431 e. The first-order chi connectivity index (χ1) is 8.30. The van der Waals surface area contributed by atoms with Gasteiger partial charge in [-0.05, 0) is 46.5 Å². The van der Waals surface area contributed by atoms with Crippen molar-refractivity contribution in [1.29, 1.82) is 0 Å². The highest BCUT2D eigenvalue weighted by Crippen LogP contribution is 2.22. The first-order valence-electron chi connectivity index (χ1n) is 7.19. The maximum absolute atomic E-state index is 11.6. The normalized spacial score (nSPS) is 15.0. The van der Waals surface area contributed by atoms with Gasteiger partial charge in [0.15, 0.2) is 0 Å². The predicted molar refractivity (Wildman–Crippen MR) is 74.7 cm³/mol. The summed E-state index contributed by atoms with van der Waals surface area (Å²) < 4.78 is 10.6. The van der Waals surface area contributed by atoms with Gasteiger partial charge in [-0.25, -0.2) is 4.79 Å². The lowest BCUT2D eigenvalue weighted by molar-refractivity contribution is -0.0367. The van der Waals surface area contributed by atoms with Crippen LogP contribution in [0.3, 0.4) is 0 Å². The zero-order valence-corrected chi connectivity index (χ0v) is 12.9. The van der Waals surface area contributed by atoms with Crippen molar-refractivity contribution in [2.45, 2.75) is 85.4 Å². The molecule has 0 aromatic carbocycles. The van der Waals surface area contributed by atoms with Crippen LogP contribution in [0.25, 0.3) is 0 Å². The molecule has 108 valence electrons. The summed E-state index contributed by atoms with van der Waals surface area (Å²) in [4.78, 5) is 11.6. The van der Waals surface area contributed by atoms with Crippen LogP contribution in [0.5, 0.6) is 0 Å². The van der Waals surface area contributed by atoms with Crippen molar-refractivity contribution in [2.24, 2.45) is 5.92 Å². The van der Waals surface area contributed by atoms with Gasteiger partial charge in [-0.1, -0.05) is 33.1 Å². The first-order valence-corrected chi connectivity index (χ1v) is 7.19. The van der Waals surface area contributed by atoms with Crippen LogP contribution in [0.15, 0.2) is 0 Å². The molecule has 0 saturated carbocycles. The maximum atomic E-state index is 11.6. The average molecular weight is 258 g/mol. The summed E-state index contributed by atoms with van der Waals surface area (Å²) in [5, 5.41) is 0. The zero-order chi connectivity index (χ0) is 14.2. The molecular weight excluding hydrogens is 228 g/mol. The van der Waals surface area contributed by atoms with Crippen LogP contribution in [0, 0.1) is 5.92 Å². The van der Waals surface area contributed by atoms with E-state index in [1.165, 1.54) is 12.8 Å². The molecule has 18 heavy (non-hydrogen) atoms. The second kappa shape index (κ2) is 8.39. The Kier molecular flexibility index (Phi) is 8.05. The Labute approximate surface area is 112 Å². The van der Waals surface area contributed by atoms with Crippen molar-refractivity contribution in [3.63, 3.8) is 0 Å². The fraction of sp³-hybridized carbons (Fsp3) is 0.933.